The Hall–Kier alpha value is -3.52. The van der Waals surface area contributed by atoms with E-state index < -0.39 is 5.82 Å². The molecule has 1 N–H and O–H groups in total. The van der Waals surface area contributed by atoms with Gasteiger partial charge in [-0.05, 0) is 49.6 Å². The highest BCUT2D eigenvalue weighted by Gasteiger charge is 2.20. The fourth-order valence-electron chi connectivity index (χ4n) is 3.82. The summed E-state index contributed by atoms with van der Waals surface area (Å²) in [7, 11) is 0. The van der Waals surface area contributed by atoms with Crippen LogP contribution in [-0.4, -0.2) is 29.9 Å². The minimum Gasteiger partial charge on any atom is -0.370 e. The second-order valence-electron chi connectivity index (χ2n) is 7.75. The summed E-state index contributed by atoms with van der Waals surface area (Å²) in [6.07, 6.45) is 6.53. The van der Waals surface area contributed by atoms with E-state index in [4.69, 9.17) is 0 Å². The van der Waals surface area contributed by atoms with Gasteiger partial charge >= 0.3 is 0 Å². The van der Waals surface area contributed by atoms with Crippen molar-refractivity contribution < 1.29 is 14.0 Å². The van der Waals surface area contributed by atoms with Gasteiger partial charge in [-0.25, -0.2) is 9.37 Å². The van der Waals surface area contributed by atoms with E-state index in [1.165, 1.54) is 47.8 Å². The molecule has 3 aromatic rings. The Balaban J connectivity index is 1.47. The average molecular weight is 465 g/mol. The zero-order chi connectivity index (χ0) is 23.2. The summed E-state index contributed by atoms with van der Waals surface area (Å²) in [5.74, 6) is -1.13. The lowest BCUT2D eigenvalue weighted by atomic mass is 10.1. The maximum atomic E-state index is 14.2. The maximum absolute atomic E-state index is 14.2. The van der Waals surface area contributed by atoms with Crippen LogP contribution in [0, 0.1) is 5.82 Å². The lowest BCUT2D eigenvalue weighted by Crippen LogP contribution is -2.30. The number of rotatable bonds is 6. The van der Waals surface area contributed by atoms with E-state index in [1.807, 2.05) is 24.3 Å². The average Bonchev–Trinajstić information content (AvgIpc) is 3.28. The molecular formula is C25H25FN4O2S. The topological polar surface area (TPSA) is 65.5 Å². The molecule has 0 radical (unpaired) electrons. The van der Waals surface area contributed by atoms with Gasteiger partial charge in [0.05, 0.1) is 22.8 Å². The molecule has 0 aliphatic carbocycles. The lowest BCUT2D eigenvalue weighted by Gasteiger charge is -2.30. The van der Waals surface area contributed by atoms with Gasteiger partial charge in [0.2, 0.25) is 11.8 Å². The first-order valence-corrected chi connectivity index (χ1v) is 11.7. The Morgan fingerprint density at radius 3 is 2.58 bits per heavy atom. The summed E-state index contributed by atoms with van der Waals surface area (Å²) in [6.45, 7) is 3.33. The Labute approximate surface area is 196 Å². The summed E-state index contributed by atoms with van der Waals surface area (Å²) < 4.78 is 14.2. The number of nitrogens with zero attached hydrogens (tertiary/aromatic N) is 3. The number of thiazole rings is 1. The Morgan fingerprint density at radius 1 is 1.09 bits per heavy atom. The Morgan fingerprint density at radius 2 is 1.82 bits per heavy atom. The first kappa shape index (κ1) is 22.7. The van der Waals surface area contributed by atoms with E-state index in [2.05, 4.69) is 15.2 Å². The molecule has 0 spiro atoms. The third-order valence-electron chi connectivity index (χ3n) is 5.37. The predicted octanol–water partition coefficient (Wildman–Crippen LogP) is 5.61. The molecule has 1 aromatic heterocycles. The zero-order valence-electron chi connectivity index (χ0n) is 18.3. The van der Waals surface area contributed by atoms with Gasteiger partial charge in [0.1, 0.15) is 5.82 Å². The van der Waals surface area contributed by atoms with Crippen LogP contribution in [0.15, 0.2) is 60.0 Å². The normalized spacial score (nSPS) is 13.8. The fourth-order valence-corrected chi connectivity index (χ4v) is 4.67. The molecule has 33 heavy (non-hydrogen) atoms. The van der Waals surface area contributed by atoms with Crippen LogP contribution in [-0.2, 0) is 9.59 Å². The molecule has 0 atom stereocenters. The molecule has 2 amide bonds. The maximum Gasteiger partial charge on any atom is 0.248 e. The van der Waals surface area contributed by atoms with Crippen LogP contribution >= 0.6 is 11.3 Å². The Bertz CT molecular complexity index is 1170. The molecular weight excluding hydrogens is 439 g/mol. The number of anilines is 4. The minimum absolute atomic E-state index is 0.141. The van der Waals surface area contributed by atoms with Gasteiger partial charge < -0.3 is 10.2 Å². The number of benzene rings is 2. The summed E-state index contributed by atoms with van der Waals surface area (Å²) in [5.41, 5.74) is 2.45. The number of nitrogens with one attached hydrogen (secondary N) is 1. The number of aromatic nitrogens is 1. The van der Waals surface area contributed by atoms with E-state index >= 15 is 0 Å². The first-order chi connectivity index (χ1) is 16.0. The number of hydrogen-bond donors (Lipinski definition) is 1. The number of halogens is 1. The molecule has 1 fully saturated rings. The molecule has 170 valence electrons. The van der Waals surface area contributed by atoms with Crippen molar-refractivity contribution in [2.45, 2.75) is 26.2 Å². The number of carbonyl (C=O) groups is 2. The predicted molar refractivity (Wildman–Crippen MR) is 132 cm³/mol. The molecule has 2 heterocycles. The van der Waals surface area contributed by atoms with E-state index in [1.54, 1.807) is 23.6 Å². The zero-order valence-corrected chi connectivity index (χ0v) is 19.1. The van der Waals surface area contributed by atoms with Gasteiger partial charge in [-0.2, -0.15) is 0 Å². The van der Waals surface area contributed by atoms with Crippen LogP contribution in [0.1, 0.15) is 31.9 Å². The summed E-state index contributed by atoms with van der Waals surface area (Å²) >= 11 is 1.20. The summed E-state index contributed by atoms with van der Waals surface area (Å²) in [5, 5.41) is 5.01. The molecule has 1 aliphatic heterocycles. The van der Waals surface area contributed by atoms with Gasteiger partial charge in [0.25, 0.3) is 0 Å². The van der Waals surface area contributed by atoms with Crippen LogP contribution in [0.5, 0.6) is 0 Å². The number of carbonyl (C=O) groups excluding carboxylic acids is 2. The quantitative estimate of drug-likeness (QED) is 0.482. The molecule has 0 saturated carbocycles. The third-order valence-corrected chi connectivity index (χ3v) is 6.22. The molecule has 1 aliphatic rings. The largest absolute Gasteiger partial charge is 0.370 e. The van der Waals surface area contributed by atoms with Crippen molar-refractivity contribution >= 4 is 51.4 Å². The van der Waals surface area contributed by atoms with Gasteiger partial charge in [-0.3, -0.25) is 14.5 Å². The fraction of sp³-hybridized carbons (Fsp3) is 0.240. The van der Waals surface area contributed by atoms with Gasteiger partial charge in [0.15, 0.2) is 5.13 Å². The second-order valence-corrected chi connectivity index (χ2v) is 8.58. The molecule has 8 heteroatoms. The van der Waals surface area contributed by atoms with E-state index in [9.17, 15) is 14.0 Å². The van der Waals surface area contributed by atoms with E-state index in [-0.39, 0.29) is 17.5 Å². The minimum atomic E-state index is -0.508. The molecule has 1 saturated heterocycles. The molecule has 2 aromatic carbocycles. The van der Waals surface area contributed by atoms with Crippen molar-refractivity contribution in [3.8, 4) is 0 Å². The van der Waals surface area contributed by atoms with Gasteiger partial charge in [-0.15, -0.1) is 11.3 Å². The van der Waals surface area contributed by atoms with Crippen LogP contribution in [0.2, 0.25) is 0 Å². The van der Waals surface area contributed by atoms with Crippen LogP contribution in [0.4, 0.5) is 26.6 Å². The number of amides is 2. The van der Waals surface area contributed by atoms with Crippen LogP contribution < -0.4 is 15.1 Å². The number of piperidine rings is 1. The highest BCUT2D eigenvalue weighted by Crippen LogP contribution is 2.31. The molecule has 0 bridgehead atoms. The number of hydrogen-bond acceptors (Lipinski definition) is 5. The monoisotopic (exact) mass is 464 g/mol. The Kier molecular flexibility index (Phi) is 7.14. The summed E-state index contributed by atoms with van der Waals surface area (Å²) in [6, 6.07) is 13.9. The van der Waals surface area contributed by atoms with E-state index in [0.717, 1.165) is 37.3 Å². The highest BCUT2D eigenvalue weighted by molar-refractivity contribution is 7.14. The van der Waals surface area contributed by atoms with Crippen LogP contribution in [0.25, 0.3) is 6.08 Å². The van der Waals surface area contributed by atoms with Crippen LogP contribution in [0.3, 0.4) is 0 Å². The van der Waals surface area contributed by atoms with Gasteiger partial charge in [0, 0.05) is 31.5 Å². The summed E-state index contributed by atoms with van der Waals surface area (Å²) in [4.78, 5) is 32.7. The SMILES string of the molecule is CC(=O)N(c1nc(/C=C/C(=O)Nc2ccccc2N2CCCCC2)cs1)c1ccccc1F. The van der Waals surface area contributed by atoms with Crippen molar-refractivity contribution in [2.75, 3.05) is 28.2 Å². The molecule has 0 unspecified atom stereocenters. The lowest BCUT2D eigenvalue weighted by molar-refractivity contribution is -0.116. The van der Waals surface area contributed by atoms with Crippen molar-refractivity contribution in [2.24, 2.45) is 0 Å². The smallest absolute Gasteiger partial charge is 0.248 e. The highest BCUT2D eigenvalue weighted by atomic mass is 32.1. The second kappa shape index (κ2) is 10.4. The van der Waals surface area contributed by atoms with E-state index in [0.29, 0.717) is 10.8 Å². The van der Waals surface area contributed by atoms with Crippen molar-refractivity contribution in [3.05, 3.63) is 71.5 Å². The van der Waals surface area contributed by atoms with Crippen molar-refractivity contribution in [3.63, 3.8) is 0 Å². The number of para-hydroxylation sites is 3. The standard InChI is InChI=1S/C25H25FN4O2S/c1-18(31)30(22-11-5-3-9-20(22)26)25-27-19(17-33-25)13-14-24(32)28-21-10-4-6-12-23(21)29-15-7-2-8-16-29/h3-6,9-14,17H,2,7-8,15-16H2,1H3,(H,28,32)/b14-13+. The third kappa shape index (κ3) is 5.46. The molecule has 4 rings (SSSR count). The van der Waals surface area contributed by atoms with Crippen molar-refractivity contribution in [1.29, 1.82) is 0 Å². The van der Waals surface area contributed by atoms with Gasteiger partial charge in [-0.1, -0.05) is 24.3 Å². The first-order valence-electron chi connectivity index (χ1n) is 10.9. The molecule has 6 nitrogen and oxygen atoms in total. The van der Waals surface area contributed by atoms with Crippen molar-refractivity contribution in [1.82, 2.24) is 4.98 Å².